The van der Waals surface area contributed by atoms with Crippen LogP contribution in [0.1, 0.15) is 33.6 Å². The van der Waals surface area contributed by atoms with Gasteiger partial charge in [-0.25, -0.2) is 4.98 Å². The van der Waals surface area contributed by atoms with Crippen LogP contribution < -0.4 is 4.74 Å². The molecule has 2 aromatic heterocycles. The van der Waals surface area contributed by atoms with E-state index in [-0.39, 0.29) is 31.4 Å². The lowest BCUT2D eigenvalue weighted by molar-refractivity contribution is -0.140. The van der Waals surface area contributed by atoms with Crippen molar-refractivity contribution in [1.82, 2.24) is 14.3 Å². The molecule has 0 aliphatic heterocycles. The van der Waals surface area contributed by atoms with Crippen molar-refractivity contribution in [3.05, 3.63) is 102 Å². The van der Waals surface area contributed by atoms with E-state index >= 15 is 0 Å². The number of amides is 1. The number of hydrogen-bond donors (Lipinski definition) is 0. The fourth-order valence-electron chi connectivity index (χ4n) is 3.67. The Bertz CT molecular complexity index is 1280. The van der Waals surface area contributed by atoms with Crippen LogP contribution in [0.4, 0.5) is 0 Å². The Balaban J connectivity index is 1.47. The molecule has 0 aliphatic carbocycles. The molecule has 0 atom stereocenters. The number of ether oxygens (including phenoxy) is 2. The molecule has 0 saturated carbocycles. The molecule has 7 nitrogen and oxygen atoms in total. The van der Waals surface area contributed by atoms with Gasteiger partial charge in [-0.05, 0) is 42.3 Å². The molecule has 0 radical (unpaired) electrons. The lowest BCUT2D eigenvalue weighted by Crippen LogP contribution is -2.32. The fourth-order valence-corrected chi connectivity index (χ4v) is 3.67. The number of imidazole rings is 1. The van der Waals surface area contributed by atoms with Gasteiger partial charge in [-0.2, -0.15) is 0 Å². The van der Waals surface area contributed by atoms with Gasteiger partial charge in [-0.15, -0.1) is 0 Å². The second-order valence-electron chi connectivity index (χ2n) is 8.06. The molecule has 0 aliphatic rings. The van der Waals surface area contributed by atoms with Crippen LogP contribution in [0.2, 0.25) is 0 Å². The highest BCUT2D eigenvalue weighted by Crippen LogP contribution is 2.18. The molecule has 2 aromatic carbocycles. The van der Waals surface area contributed by atoms with Gasteiger partial charge in [-0.1, -0.05) is 42.5 Å². The maximum atomic E-state index is 13.3. The van der Waals surface area contributed by atoms with Crippen molar-refractivity contribution in [2.75, 3.05) is 13.7 Å². The number of hydrogen-bond acceptors (Lipinski definition) is 5. The minimum absolute atomic E-state index is 0.124. The molecule has 0 fully saturated rings. The molecular formula is C27H27N3O4. The first kappa shape index (κ1) is 23.0. The Morgan fingerprint density at radius 3 is 2.62 bits per heavy atom. The van der Waals surface area contributed by atoms with Crippen LogP contribution in [0, 0.1) is 6.92 Å². The molecule has 34 heavy (non-hydrogen) atoms. The minimum atomic E-state index is -0.356. The first-order valence-corrected chi connectivity index (χ1v) is 11.1. The number of benzene rings is 2. The van der Waals surface area contributed by atoms with E-state index in [0.717, 1.165) is 22.5 Å². The number of carbonyl (C=O) groups excluding carboxylic acids is 2. The maximum absolute atomic E-state index is 13.3. The second-order valence-corrected chi connectivity index (χ2v) is 8.06. The third-order valence-corrected chi connectivity index (χ3v) is 5.43. The number of carbonyl (C=O) groups is 2. The van der Waals surface area contributed by atoms with Crippen molar-refractivity contribution in [3.63, 3.8) is 0 Å². The number of esters is 1. The maximum Gasteiger partial charge on any atom is 0.307 e. The molecular weight excluding hydrogens is 430 g/mol. The summed E-state index contributed by atoms with van der Waals surface area (Å²) in [5.74, 6) is 0.0405. The van der Waals surface area contributed by atoms with Crippen molar-refractivity contribution < 1.29 is 19.1 Å². The smallest absolute Gasteiger partial charge is 0.307 e. The lowest BCUT2D eigenvalue weighted by atomic mass is 10.1. The van der Waals surface area contributed by atoms with Gasteiger partial charge in [0.2, 0.25) is 0 Å². The third-order valence-electron chi connectivity index (χ3n) is 5.43. The van der Waals surface area contributed by atoms with Crippen molar-refractivity contribution >= 4 is 17.5 Å². The largest absolute Gasteiger partial charge is 0.487 e. The van der Waals surface area contributed by atoms with Gasteiger partial charge in [0.05, 0.1) is 19.2 Å². The zero-order chi connectivity index (χ0) is 23.9. The van der Waals surface area contributed by atoms with Gasteiger partial charge in [0, 0.05) is 31.0 Å². The predicted molar refractivity (Wildman–Crippen MR) is 129 cm³/mol. The normalized spacial score (nSPS) is 10.8. The van der Waals surface area contributed by atoms with E-state index in [9.17, 15) is 9.59 Å². The molecule has 0 spiro atoms. The number of aromatic nitrogens is 2. The Hall–Kier alpha value is -4.13. The molecule has 0 N–H and O–H groups in total. The zero-order valence-corrected chi connectivity index (χ0v) is 19.3. The molecule has 4 aromatic rings. The minimum Gasteiger partial charge on any atom is -0.487 e. The third kappa shape index (κ3) is 5.81. The van der Waals surface area contributed by atoms with Crippen LogP contribution in [0.25, 0.3) is 5.65 Å². The van der Waals surface area contributed by atoms with E-state index in [0.29, 0.717) is 17.9 Å². The van der Waals surface area contributed by atoms with Gasteiger partial charge in [-0.3, -0.25) is 9.59 Å². The summed E-state index contributed by atoms with van der Waals surface area (Å²) in [6.45, 7) is 2.97. The van der Waals surface area contributed by atoms with Gasteiger partial charge < -0.3 is 18.8 Å². The number of aryl methyl sites for hydroxylation is 1. The summed E-state index contributed by atoms with van der Waals surface area (Å²) >= 11 is 0. The second kappa shape index (κ2) is 10.7. The lowest BCUT2D eigenvalue weighted by Gasteiger charge is -2.23. The summed E-state index contributed by atoms with van der Waals surface area (Å²) in [4.78, 5) is 31.2. The quantitative estimate of drug-likeness (QED) is 0.348. The Labute approximate surface area is 198 Å². The summed E-state index contributed by atoms with van der Waals surface area (Å²) in [5, 5.41) is 0. The van der Waals surface area contributed by atoms with Crippen LogP contribution in [0.15, 0.2) is 79.1 Å². The van der Waals surface area contributed by atoms with Gasteiger partial charge in [0.1, 0.15) is 18.0 Å². The average molecular weight is 458 g/mol. The summed E-state index contributed by atoms with van der Waals surface area (Å²) in [7, 11) is 1.34. The van der Waals surface area contributed by atoms with Crippen molar-refractivity contribution in [2.45, 2.75) is 26.5 Å². The van der Waals surface area contributed by atoms with E-state index in [2.05, 4.69) is 4.98 Å². The summed E-state index contributed by atoms with van der Waals surface area (Å²) < 4.78 is 12.7. The average Bonchev–Trinajstić information content (AvgIpc) is 3.27. The molecule has 7 heteroatoms. The standard InChI is InChI=1S/C27H27N3O4/c1-20-11-12-25-28-23(18-30(25)16-20)19-34-24-10-6-9-22(15-24)27(32)29(14-13-26(31)33-2)17-21-7-4-3-5-8-21/h3-12,15-16,18H,13-14,17,19H2,1-2H3. The van der Waals surface area contributed by atoms with E-state index < -0.39 is 0 Å². The van der Waals surface area contributed by atoms with E-state index in [1.807, 2.05) is 72.2 Å². The Morgan fingerprint density at radius 1 is 1.00 bits per heavy atom. The van der Waals surface area contributed by atoms with Gasteiger partial charge in [0.15, 0.2) is 0 Å². The Morgan fingerprint density at radius 2 is 1.82 bits per heavy atom. The number of fused-ring (bicyclic) bond motifs is 1. The predicted octanol–water partition coefficient (Wildman–Crippen LogP) is 4.43. The molecule has 174 valence electrons. The van der Waals surface area contributed by atoms with Crippen molar-refractivity contribution in [3.8, 4) is 5.75 Å². The molecule has 4 rings (SSSR count). The summed E-state index contributed by atoms with van der Waals surface area (Å²) in [6.07, 6.45) is 4.07. The molecule has 2 heterocycles. The topological polar surface area (TPSA) is 73.1 Å². The van der Waals surface area contributed by atoms with E-state index in [1.165, 1.54) is 7.11 Å². The first-order valence-electron chi connectivity index (χ1n) is 11.1. The zero-order valence-electron chi connectivity index (χ0n) is 19.3. The molecule has 1 amide bonds. The van der Waals surface area contributed by atoms with Crippen molar-refractivity contribution in [2.24, 2.45) is 0 Å². The first-order chi connectivity index (χ1) is 16.5. The van der Waals surface area contributed by atoms with E-state index in [1.54, 1.807) is 23.1 Å². The van der Waals surface area contributed by atoms with Crippen LogP contribution in [-0.2, 0) is 22.7 Å². The van der Waals surface area contributed by atoms with Crippen LogP contribution in [-0.4, -0.2) is 39.8 Å². The highest BCUT2D eigenvalue weighted by molar-refractivity contribution is 5.94. The number of rotatable bonds is 9. The SMILES string of the molecule is COC(=O)CCN(Cc1ccccc1)C(=O)c1cccc(OCc2cn3cc(C)ccc3n2)c1. The van der Waals surface area contributed by atoms with Gasteiger partial charge in [0.25, 0.3) is 5.91 Å². The summed E-state index contributed by atoms with van der Waals surface area (Å²) in [6, 6.07) is 20.7. The molecule has 0 saturated heterocycles. The van der Waals surface area contributed by atoms with Crippen molar-refractivity contribution in [1.29, 1.82) is 0 Å². The number of pyridine rings is 1. The highest BCUT2D eigenvalue weighted by Gasteiger charge is 2.18. The Kier molecular flexibility index (Phi) is 7.22. The fraction of sp³-hybridized carbons (Fsp3) is 0.222. The van der Waals surface area contributed by atoms with Crippen LogP contribution in [0.5, 0.6) is 5.75 Å². The molecule has 0 unspecified atom stereocenters. The van der Waals surface area contributed by atoms with E-state index in [4.69, 9.17) is 9.47 Å². The van der Waals surface area contributed by atoms with Gasteiger partial charge >= 0.3 is 5.97 Å². The number of nitrogens with zero attached hydrogens (tertiary/aromatic N) is 3. The number of methoxy groups -OCH3 is 1. The molecule has 0 bridgehead atoms. The monoisotopic (exact) mass is 457 g/mol. The summed E-state index contributed by atoms with van der Waals surface area (Å²) in [5.41, 5.74) is 4.27. The van der Waals surface area contributed by atoms with Crippen LogP contribution >= 0.6 is 0 Å². The highest BCUT2D eigenvalue weighted by atomic mass is 16.5. The van der Waals surface area contributed by atoms with Crippen LogP contribution in [0.3, 0.4) is 0 Å².